The Kier molecular flexibility index (Phi) is 7.47. The second-order valence-electron chi connectivity index (χ2n) is 8.40. The Morgan fingerprint density at radius 2 is 1.64 bits per heavy atom. The zero-order valence-electron chi connectivity index (χ0n) is 18.5. The van der Waals surface area contributed by atoms with E-state index in [0.717, 1.165) is 30.5 Å². The van der Waals surface area contributed by atoms with Gasteiger partial charge < -0.3 is 10.6 Å². The molecular formula is C27H28FN3O2. The highest BCUT2D eigenvalue weighted by Gasteiger charge is 2.26. The van der Waals surface area contributed by atoms with E-state index >= 15 is 0 Å². The molecule has 3 aromatic carbocycles. The van der Waals surface area contributed by atoms with E-state index in [-0.39, 0.29) is 23.5 Å². The van der Waals surface area contributed by atoms with E-state index in [1.54, 1.807) is 30.3 Å². The molecule has 1 heterocycles. The minimum atomic E-state index is -0.249. The smallest absolute Gasteiger partial charge is 0.253 e. The van der Waals surface area contributed by atoms with Crippen molar-refractivity contribution in [1.82, 2.24) is 10.2 Å². The lowest BCUT2D eigenvalue weighted by atomic mass is 9.96. The summed E-state index contributed by atoms with van der Waals surface area (Å²) in [6.45, 7) is 2.64. The molecule has 33 heavy (non-hydrogen) atoms. The fourth-order valence-corrected chi connectivity index (χ4v) is 4.16. The maximum Gasteiger partial charge on any atom is 0.253 e. The summed E-state index contributed by atoms with van der Waals surface area (Å²) in [4.78, 5) is 28.0. The molecule has 1 aliphatic rings. The molecule has 1 aliphatic heterocycles. The van der Waals surface area contributed by atoms with Crippen LogP contribution in [0.15, 0.2) is 78.9 Å². The first-order chi connectivity index (χ1) is 16.1. The van der Waals surface area contributed by atoms with Gasteiger partial charge in [0.15, 0.2) is 0 Å². The molecule has 170 valence electrons. The number of para-hydroxylation sites is 1. The van der Waals surface area contributed by atoms with E-state index in [1.165, 1.54) is 12.1 Å². The maximum atomic E-state index is 13.2. The third kappa shape index (κ3) is 6.26. The molecule has 1 fully saturated rings. The van der Waals surface area contributed by atoms with Crippen LogP contribution in [0.1, 0.15) is 34.3 Å². The summed E-state index contributed by atoms with van der Waals surface area (Å²) in [5.41, 5.74) is 3.00. The summed E-state index contributed by atoms with van der Waals surface area (Å²) in [5, 5.41) is 5.90. The van der Waals surface area contributed by atoms with Crippen molar-refractivity contribution >= 4 is 17.5 Å². The van der Waals surface area contributed by atoms with Crippen LogP contribution in [0.2, 0.25) is 0 Å². The van der Waals surface area contributed by atoms with E-state index in [0.29, 0.717) is 30.9 Å². The van der Waals surface area contributed by atoms with Gasteiger partial charge in [0.25, 0.3) is 5.91 Å². The molecule has 0 unspecified atom stereocenters. The number of halogens is 1. The van der Waals surface area contributed by atoms with Crippen LogP contribution in [0.4, 0.5) is 10.1 Å². The zero-order valence-corrected chi connectivity index (χ0v) is 18.5. The summed E-state index contributed by atoms with van der Waals surface area (Å²) >= 11 is 0. The Labute approximate surface area is 193 Å². The number of nitrogens with one attached hydrogen (secondary N) is 2. The van der Waals surface area contributed by atoms with E-state index in [1.807, 2.05) is 36.4 Å². The first-order valence-electron chi connectivity index (χ1n) is 11.3. The molecule has 0 spiro atoms. The topological polar surface area (TPSA) is 61.4 Å². The molecule has 2 N–H and O–H groups in total. The number of carbonyl (C=O) groups is 2. The van der Waals surface area contributed by atoms with E-state index in [2.05, 4.69) is 15.5 Å². The van der Waals surface area contributed by atoms with Crippen molar-refractivity contribution < 1.29 is 14.0 Å². The van der Waals surface area contributed by atoms with Gasteiger partial charge in [-0.1, -0.05) is 54.6 Å². The fourth-order valence-electron chi connectivity index (χ4n) is 4.16. The molecule has 0 aromatic heterocycles. The monoisotopic (exact) mass is 445 g/mol. The van der Waals surface area contributed by atoms with Crippen molar-refractivity contribution in [1.29, 1.82) is 0 Å². The molecule has 6 heteroatoms. The predicted molar refractivity (Wildman–Crippen MR) is 127 cm³/mol. The quantitative estimate of drug-likeness (QED) is 0.559. The molecule has 1 atom stereocenters. The standard InChI is InChI=1S/C27H28FN3O2/c28-23-14-12-21(13-15-23)18-31-16-6-9-22(19-31)26(32)30-25-11-5-4-10-24(25)27(33)29-17-20-7-2-1-3-8-20/h1-5,7-8,10-15,22H,6,9,16-19H2,(H,29,33)(H,30,32)/t22-/m0/s1. The molecule has 1 saturated heterocycles. The van der Waals surface area contributed by atoms with Gasteiger partial charge in [-0.15, -0.1) is 0 Å². The number of nitrogens with zero attached hydrogens (tertiary/aromatic N) is 1. The Bertz CT molecular complexity index is 1090. The largest absolute Gasteiger partial charge is 0.348 e. The third-order valence-corrected chi connectivity index (χ3v) is 5.92. The van der Waals surface area contributed by atoms with Crippen molar-refractivity contribution in [2.45, 2.75) is 25.9 Å². The molecule has 5 nitrogen and oxygen atoms in total. The lowest BCUT2D eigenvalue weighted by Crippen LogP contribution is -2.40. The van der Waals surface area contributed by atoms with Gasteiger partial charge in [0, 0.05) is 19.6 Å². The van der Waals surface area contributed by atoms with Crippen LogP contribution in [0.5, 0.6) is 0 Å². The summed E-state index contributed by atoms with van der Waals surface area (Å²) < 4.78 is 13.2. The van der Waals surface area contributed by atoms with E-state index < -0.39 is 0 Å². The molecule has 0 saturated carbocycles. The van der Waals surface area contributed by atoms with Crippen molar-refractivity contribution in [3.63, 3.8) is 0 Å². The number of carbonyl (C=O) groups excluding carboxylic acids is 2. The number of rotatable bonds is 7. The molecule has 3 aromatic rings. The van der Waals surface area contributed by atoms with Gasteiger partial charge in [0.05, 0.1) is 17.2 Å². The SMILES string of the molecule is O=C(NCc1ccccc1)c1ccccc1NC(=O)[C@H]1CCCN(Cc2ccc(F)cc2)C1. The predicted octanol–water partition coefficient (Wildman–Crippen LogP) is 4.61. The maximum absolute atomic E-state index is 13.2. The number of piperidine rings is 1. The molecular weight excluding hydrogens is 417 g/mol. The Morgan fingerprint density at radius 3 is 2.42 bits per heavy atom. The van der Waals surface area contributed by atoms with Gasteiger partial charge in [-0.05, 0) is 54.8 Å². The number of hydrogen-bond donors (Lipinski definition) is 2. The highest BCUT2D eigenvalue weighted by molar-refractivity contribution is 6.04. The number of anilines is 1. The Morgan fingerprint density at radius 1 is 0.909 bits per heavy atom. The summed E-state index contributed by atoms with van der Waals surface area (Å²) in [7, 11) is 0. The average molecular weight is 446 g/mol. The zero-order chi connectivity index (χ0) is 23.0. The minimum absolute atomic E-state index is 0.0814. The average Bonchev–Trinajstić information content (AvgIpc) is 2.85. The number of amides is 2. The summed E-state index contributed by atoms with van der Waals surface area (Å²) in [5.74, 6) is -0.723. The van der Waals surface area contributed by atoms with E-state index in [4.69, 9.17) is 0 Å². The van der Waals surface area contributed by atoms with Crippen LogP contribution >= 0.6 is 0 Å². The van der Waals surface area contributed by atoms with Crippen molar-refractivity contribution in [2.75, 3.05) is 18.4 Å². The highest BCUT2D eigenvalue weighted by atomic mass is 19.1. The van der Waals surface area contributed by atoms with Crippen molar-refractivity contribution in [2.24, 2.45) is 5.92 Å². The molecule has 0 bridgehead atoms. The summed E-state index contributed by atoms with van der Waals surface area (Å²) in [6, 6.07) is 23.3. The van der Waals surface area contributed by atoms with Crippen LogP contribution in [0.3, 0.4) is 0 Å². The van der Waals surface area contributed by atoms with Crippen LogP contribution < -0.4 is 10.6 Å². The van der Waals surface area contributed by atoms with Gasteiger partial charge in [-0.2, -0.15) is 0 Å². The molecule has 2 amide bonds. The Balaban J connectivity index is 1.36. The molecule has 4 rings (SSSR count). The van der Waals surface area contributed by atoms with Gasteiger partial charge >= 0.3 is 0 Å². The molecule has 0 radical (unpaired) electrons. The fraction of sp³-hybridized carbons (Fsp3) is 0.259. The first-order valence-corrected chi connectivity index (χ1v) is 11.3. The number of hydrogen-bond acceptors (Lipinski definition) is 3. The van der Waals surface area contributed by atoms with Crippen molar-refractivity contribution in [3.05, 3.63) is 101 Å². The number of benzene rings is 3. The lowest BCUT2D eigenvalue weighted by Gasteiger charge is -2.32. The second kappa shape index (κ2) is 10.9. The first kappa shape index (κ1) is 22.7. The van der Waals surface area contributed by atoms with Crippen LogP contribution in [0.25, 0.3) is 0 Å². The second-order valence-corrected chi connectivity index (χ2v) is 8.40. The van der Waals surface area contributed by atoms with Crippen molar-refractivity contribution in [3.8, 4) is 0 Å². The van der Waals surface area contributed by atoms with Crippen LogP contribution in [-0.4, -0.2) is 29.8 Å². The third-order valence-electron chi connectivity index (χ3n) is 5.92. The van der Waals surface area contributed by atoms with Crippen LogP contribution in [0, 0.1) is 11.7 Å². The van der Waals surface area contributed by atoms with E-state index in [9.17, 15) is 14.0 Å². The van der Waals surface area contributed by atoms with Gasteiger partial charge in [0.1, 0.15) is 5.82 Å². The summed E-state index contributed by atoms with van der Waals surface area (Å²) in [6.07, 6.45) is 1.71. The van der Waals surface area contributed by atoms with Gasteiger partial charge in [-0.25, -0.2) is 4.39 Å². The van der Waals surface area contributed by atoms with Gasteiger partial charge in [0.2, 0.25) is 5.91 Å². The van der Waals surface area contributed by atoms with Gasteiger partial charge in [-0.3, -0.25) is 14.5 Å². The molecule has 0 aliphatic carbocycles. The minimum Gasteiger partial charge on any atom is -0.348 e. The van der Waals surface area contributed by atoms with Crippen LogP contribution in [-0.2, 0) is 17.9 Å². The highest BCUT2D eigenvalue weighted by Crippen LogP contribution is 2.22. The number of likely N-dealkylation sites (tertiary alicyclic amines) is 1. The lowest BCUT2D eigenvalue weighted by molar-refractivity contribution is -0.121. The normalized spacial score (nSPS) is 16.2. The Hall–Kier alpha value is -3.51.